The van der Waals surface area contributed by atoms with Crippen molar-refractivity contribution in [2.75, 3.05) is 56.7 Å². The van der Waals surface area contributed by atoms with Gasteiger partial charge in [0.25, 0.3) is 0 Å². The Balaban J connectivity index is 0.000000226. The summed E-state index contributed by atoms with van der Waals surface area (Å²) in [6.07, 6.45) is 6.73. The Hall–Kier alpha value is -8.34. The molecule has 0 unspecified atom stereocenters. The average molecular weight is 1110 g/mol. The number of rotatable bonds is 22. The van der Waals surface area contributed by atoms with Crippen molar-refractivity contribution in [3.05, 3.63) is 150 Å². The Morgan fingerprint density at radius 1 is 0.692 bits per heavy atom. The molecule has 1 aliphatic carbocycles. The average Bonchev–Trinajstić information content (AvgIpc) is 4.24. The van der Waals surface area contributed by atoms with Crippen LogP contribution in [0.3, 0.4) is 0 Å². The number of esters is 2. The second-order valence-corrected chi connectivity index (χ2v) is 19.8. The summed E-state index contributed by atoms with van der Waals surface area (Å²) < 4.78 is 63.0. The summed E-state index contributed by atoms with van der Waals surface area (Å²) in [5, 5.41) is 20.7. The van der Waals surface area contributed by atoms with Crippen LogP contribution in [0.2, 0.25) is 0 Å². The van der Waals surface area contributed by atoms with Crippen molar-refractivity contribution in [1.29, 1.82) is 0 Å². The topological polar surface area (TPSA) is 283 Å². The highest BCUT2D eigenvalue weighted by Crippen LogP contribution is 2.46. The molecule has 408 valence electrons. The molecule has 21 nitrogen and oxygen atoms in total. The number of nitrogens with zero attached hydrogens (tertiary/aromatic N) is 8. The van der Waals surface area contributed by atoms with Gasteiger partial charge in [-0.2, -0.15) is 0 Å². The highest BCUT2D eigenvalue weighted by atomic mass is 32.1. The van der Waals surface area contributed by atoms with Crippen molar-refractivity contribution < 1.29 is 56.4 Å². The maximum Gasteiger partial charge on any atom is 0.341 e. The molecule has 0 saturated carbocycles. The lowest BCUT2D eigenvalue weighted by atomic mass is 9.69. The molecule has 0 radical (unpaired) electrons. The van der Waals surface area contributed by atoms with Crippen LogP contribution in [0.1, 0.15) is 96.3 Å². The van der Waals surface area contributed by atoms with Gasteiger partial charge in [0.2, 0.25) is 11.8 Å². The first kappa shape index (κ1) is 57.4. The fourth-order valence-corrected chi connectivity index (χ4v) is 10.1. The Morgan fingerprint density at radius 2 is 1.19 bits per heavy atom. The lowest BCUT2D eigenvalue weighted by Crippen LogP contribution is -2.47. The molecule has 0 spiro atoms. The summed E-state index contributed by atoms with van der Waals surface area (Å²) in [6.45, 7) is 8.55. The lowest BCUT2D eigenvalue weighted by Gasteiger charge is -2.37. The van der Waals surface area contributed by atoms with Gasteiger partial charge in [-0.1, -0.05) is 17.2 Å². The minimum atomic E-state index is -0.792. The first-order valence-electron chi connectivity index (χ1n) is 24.7. The van der Waals surface area contributed by atoms with Gasteiger partial charge >= 0.3 is 11.9 Å². The van der Waals surface area contributed by atoms with E-state index >= 15 is 0 Å². The number of carbonyl (C=O) groups is 4. The number of thiazole rings is 2. The fraction of sp³-hybridized carbons (Fsp3) is 0.358. The van der Waals surface area contributed by atoms with Gasteiger partial charge in [-0.15, -0.1) is 22.7 Å². The number of anilines is 2. The number of hydrogen-bond donors (Lipinski definition) is 3. The first-order chi connectivity index (χ1) is 37.6. The third kappa shape index (κ3) is 15.0. The Morgan fingerprint density at radius 3 is 1.67 bits per heavy atom. The third-order valence-electron chi connectivity index (χ3n) is 12.4. The number of nitrogens with one attached hydrogen (secondary N) is 3. The van der Waals surface area contributed by atoms with Crippen molar-refractivity contribution in [2.24, 2.45) is 10.2 Å². The summed E-state index contributed by atoms with van der Waals surface area (Å²) in [7, 11) is 0. The third-order valence-corrected chi connectivity index (χ3v) is 13.8. The van der Waals surface area contributed by atoms with Gasteiger partial charge in [0, 0.05) is 75.5 Å². The molecule has 25 heteroatoms. The molecule has 78 heavy (non-hydrogen) atoms. The molecule has 2 aliphatic rings. The zero-order chi connectivity index (χ0) is 55.7. The molecule has 8 rings (SSSR count). The summed E-state index contributed by atoms with van der Waals surface area (Å²) in [5.41, 5.74) is 19.2. The SMILES string of the molecule is CCOC(=O)c1ccc(Oc2cc3c(cc2OCCN=[N+]=[N-])CCC[C@]3(C)CC(=O)Nc2nccs2)cc1F.CCOC(=O)c1ccc(Oc2cc3c(cc2OCCN=[N+]=[N-])CCN[C@]3(C)CC(=O)Nc2nccs2)cc1F. The van der Waals surface area contributed by atoms with Crippen LogP contribution in [-0.4, -0.2) is 79.8 Å². The normalized spacial score (nSPS) is 16.0. The summed E-state index contributed by atoms with van der Waals surface area (Å²) >= 11 is 2.68. The van der Waals surface area contributed by atoms with Crippen molar-refractivity contribution >= 4 is 56.7 Å². The highest BCUT2D eigenvalue weighted by molar-refractivity contribution is 7.14. The summed E-state index contributed by atoms with van der Waals surface area (Å²) in [5.74, 6) is -1.82. The van der Waals surface area contributed by atoms with E-state index in [0.717, 1.165) is 53.6 Å². The van der Waals surface area contributed by atoms with Crippen LogP contribution in [0.15, 0.2) is 94.0 Å². The molecule has 0 bridgehead atoms. The largest absolute Gasteiger partial charge is 0.490 e. The quantitative estimate of drug-likeness (QED) is 0.0188. The molecule has 1 aliphatic heterocycles. The molecule has 6 aromatic rings. The molecule has 2 amide bonds. The van der Waals surface area contributed by atoms with Crippen LogP contribution >= 0.6 is 22.7 Å². The maximum absolute atomic E-state index is 14.7. The first-order valence-corrected chi connectivity index (χ1v) is 26.5. The Bertz CT molecular complexity index is 3000. The van der Waals surface area contributed by atoms with Crippen LogP contribution in [0.5, 0.6) is 34.5 Å². The smallest absolute Gasteiger partial charge is 0.341 e. The number of aryl methyl sites for hydroxylation is 1. The number of halogens is 2. The standard InChI is InChI=1S/C27H28FN5O5S.C26H27FN6O5S/c1-3-36-25(35)19-7-6-18(14-21(19)28)38-23-15-20-17(13-22(23)37-11-9-31-33-29)5-4-8-27(20,2)16-24(34)32-26-30-10-12-39-26;1-3-36-24(35)18-5-4-17(13-20(18)27)38-22-14-19-16(12-21(22)37-10-8-31-33-28)6-7-30-26(19,2)15-23(34)32-25-29-9-11-39-25/h6-7,10,12-15H,3-5,8-9,11,16H2,1-2H3,(H,30,32,34);4-5,9,11-14,30H,3,6-8,10,15H2,1-2H3,(H,29,32,34)/t27-;26-/m11/s1. The zero-order valence-corrected chi connectivity index (χ0v) is 44.6. The zero-order valence-electron chi connectivity index (χ0n) is 43.0. The van der Waals surface area contributed by atoms with Gasteiger partial charge < -0.3 is 44.4 Å². The van der Waals surface area contributed by atoms with Gasteiger partial charge in [-0.25, -0.2) is 28.3 Å². The van der Waals surface area contributed by atoms with Crippen molar-refractivity contribution in [2.45, 2.75) is 77.2 Å². The van der Waals surface area contributed by atoms with Gasteiger partial charge in [0.1, 0.15) is 23.1 Å². The molecule has 3 heterocycles. The summed E-state index contributed by atoms with van der Waals surface area (Å²) in [6, 6.07) is 15.0. The van der Waals surface area contributed by atoms with Crippen LogP contribution in [-0.2, 0) is 42.9 Å². The second kappa shape index (κ2) is 27.1. The van der Waals surface area contributed by atoms with E-state index in [1.807, 2.05) is 32.0 Å². The number of hydrogen-bond acceptors (Lipinski definition) is 17. The van der Waals surface area contributed by atoms with Crippen LogP contribution < -0.4 is 34.9 Å². The lowest BCUT2D eigenvalue weighted by molar-refractivity contribution is -0.118. The minimum absolute atomic E-state index is 0.0983. The Labute approximate surface area is 454 Å². The number of amides is 2. The number of aromatic nitrogens is 2. The van der Waals surface area contributed by atoms with Crippen molar-refractivity contribution in [3.8, 4) is 34.5 Å². The van der Waals surface area contributed by atoms with E-state index in [4.69, 9.17) is 39.5 Å². The molecule has 2 aromatic heterocycles. The highest BCUT2D eigenvalue weighted by Gasteiger charge is 2.37. The van der Waals surface area contributed by atoms with E-state index in [9.17, 15) is 28.0 Å². The van der Waals surface area contributed by atoms with E-state index in [2.05, 4.69) is 46.0 Å². The van der Waals surface area contributed by atoms with Gasteiger partial charge in [0.15, 0.2) is 33.3 Å². The van der Waals surface area contributed by atoms with E-state index in [-0.39, 0.29) is 92.5 Å². The monoisotopic (exact) mass is 1110 g/mol. The van der Waals surface area contributed by atoms with E-state index < -0.39 is 34.5 Å². The predicted octanol–water partition coefficient (Wildman–Crippen LogP) is 11.9. The molecular weight excluding hydrogens is 1050 g/mol. The van der Waals surface area contributed by atoms with Crippen LogP contribution in [0.4, 0.5) is 19.0 Å². The molecule has 2 atom stereocenters. The number of carbonyl (C=O) groups excluding carboxylic acids is 4. The molecule has 4 aromatic carbocycles. The van der Waals surface area contributed by atoms with Gasteiger partial charge in [0.05, 0.1) is 50.6 Å². The van der Waals surface area contributed by atoms with E-state index in [1.54, 1.807) is 43.1 Å². The fourth-order valence-electron chi connectivity index (χ4n) is 8.97. The van der Waals surface area contributed by atoms with E-state index in [1.165, 1.54) is 46.9 Å². The van der Waals surface area contributed by atoms with Gasteiger partial charge in [-0.05, 0) is 128 Å². The molecule has 0 fully saturated rings. The molecule has 0 saturated heterocycles. The number of fused-ring (bicyclic) bond motifs is 2. The van der Waals surface area contributed by atoms with Crippen LogP contribution in [0.25, 0.3) is 20.9 Å². The Kier molecular flexibility index (Phi) is 19.9. The van der Waals surface area contributed by atoms with Gasteiger partial charge in [-0.3, -0.25) is 9.59 Å². The molecular formula is C53H55F2N11O10S2. The van der Waals surface area contributed by atoms with E-state index in [0.29, 0.717) is 40.5 Å². The van der Waals surface area contributed by atoms with Crippen molar-refractivity contribution in [1.82, 2.24) is 15.3 Å². The van der Waals surface area contributed by atoms with Crippen molar-refractivity contribution in [3.63, 3.8) is 0 Å². The predicted molar refractivity (Wildman–Crippen MR) is 287 cm³/mol. The second-order valence-electron chi connectivity index (χ2n) is 18.0. The number of ether oxygens (including phenoxy) is 6. The number of benzene rings is 4. The molecule has 3 N–H and O–H groups in total. The maximum atomic E-state index is 14.7. The van der Waals surface area contributed by atoms with Crippen LogP contribution in [0, 0.1) is 11.6 Å². The minimum Gasteiger partial charge on any atom is -0.490 e. The summed E-state index contributed by atoms with van der Waals surface area (Å²) in [4.78, 5) is 63.4. The number of azide groups is 2.